The molecule has 1 unspecified atom stereocenters. The van der Waals surface area contributed by atoms with Gasteiger partial charge in [-0.2, -0.15) is 13.2 Å². The second-order valence-corrected chi connectivity index (χ2v) is 5.01. The van der Waals surface area contributed by atoms with Gasteiger partial charge >= 0.3 is 6.18 Å². The molecule has 102 valence electrons. The maximum Gasteiger partial charge on any atom is 0.416 e. The molecule has 0 aromatic heterocycles. The first-order valence-corrected chi connectivity index (χ1v) is 6.16. The molecule has 18 heavy (non-hydrogen) atoms. The molecule has 1 aromatic rings. The van der Waals surface area contributed by atoms with E-state index in [1.165, 1.54) is 0 Å². The lowest BCUT2D eigenvalue weighted by Crippen LogP contribution is -2.29. The average Bonchev–Trinajstić information content (AvgIpc) is 2.27. The highest BCUT2D eigenvalue weighted by atomic mass is 19.4. The molecule has 0 aliphatic carbocycles. The molecule has 1 aromatic carbocycles. The third kappa shape index (κ3) is 4.69. The van der Waals surface area contributed by atoms with E-state index >= 15 is 0 Å². The van der Waals surface area contributed by atoms with E-state index in [-0.39, 0.29) is 0 Å². The normalized spacial score (nSPS) is 13.9. The monoisotopic (exact) mass is 259 g/mol. The van der Waals surface area contributed by atoms with Crippen LogP contribution in [-0.4, -0.2) is 13.1 Å². The Labute approximate surface area is 106 Å². The smallest absolute Gasteiger partial charge is 0.317 e. The highest BCUT2D eigenvalue weighted by Gasteiger charge is 2.29. The zero-order valence-electron chi connectivity index (χ0n) is 11.0. The van der Waals surface area contributed by atoms with Crippen LogP contribution in [0.1, 0.15) is 31.4 Å². The van der Waals surface area contributed by atoms with E-state index in [0.29, 0.717) is 12.0 Å². The van der Waals surface area contributed by atoms with Gasteiger partial charge in [0.2, 0.25) is 0 Å². The van der Waals surface area contributed by atoms with E-state index in [2.05, 4.69) is 19.2 Å². The molecule has 0 heterocycles. The first-order chi connectivity index (χ1) is 8.32. The van der Waals surface area contributed by atoms with Gasteiger partial charge in [0.1, 0.15) is 0 Å². The lowest BCUT2D eigenvalue weighted by molar-refractivity contribution is -0.137. The summed E-state index contributed by atoms with van der Waals surface area (Å²) in [5.41, 5.74) is 0.346. The quantitative estimate of drug-likeness (QED) is 0.846. The Hall–Kier alpha value is -1.03. The Balaban J connectivity index is 2.68. The Kier molecular flexibility index (Phi) is 5.20. The molecule has 0 aliphatic heterocycles. The third-order valence-electron chi connectivity index (χ3n) is 2.93. The van der Waals surface area contributed by atoms with Gasteiger partial charge in [-0.15, -0.1) is 0 Å². The summed E-state index contributed by atoms with van der Waals surface area (Å²) in [4.78, 5) is 0. The lowest BCUT2D eigenvalue weighted by atomic mass is 9.97. The molecule has 0 saturated heterocycles. The molecule has 1 rings (SSSR count). The SMILES string of the molecule is CNC(Cc1ccc(C(F)(F)F)cc1)CC(C)C. The summed E-state index contributed by atoms with van der Waals surface area (Å²) in [7, 11) is 1.89. The zero-order chi connectivity index (χ0) is 13.8. The number of hydrogen-bond donors (Lipinski definition) is 1. The fourth-order valence-corrected chi connectivity index (χ4v) is 1.99. The van der Waals surface area contributed by atoms with E-state index in [1.54, 1.807) is 12.1 Å². The van der Waals surface area contributed by atoms with Crippen molar-refractivity contribution in [3.63, 3.8) is 0 Å². The molecule has 0 spiro atoms. The summed E-state index contributed by atoms with van der Waals surface area (Å²) in [5, 5.41) is 3.20. The van der Waals surface area contributed by atoms with Crippen LogP contribution in [0, 0.1) is 5.92 Å². The number of hydrogen-bond acceptors (Lipinski definition) is 1. The van der Waals surface area contributed by atoms with Gasteiger partial charge in [-0.25, -0.2) is 0 Å². The highest BCUT2D eigenvalue weighted by Crippen LogP contribution is 2.29. The largest absolute Gasteiger partial charge is 0.416 e. The second-order valence-electron chi connectivity index (χ2n) is 5.01. The first kappa shape index (κ1) is 15.0. The van der Waals surface area contributed by atoms with Crippen LogP contribution in [0.5, 0.6) is 0 Å². The van der Waals surface area contributed by atoms with Crippen molar-refractivity contribution in [2.75, 3.05) is 7.05 Å². The van der Waals surface area contributed by atoms with Gasteiger partial charge in [0, 0.05) is 6.04 Å². The number of likely N-dealkylation sites (N-methyl/N-ethyl adjacent to an activating group) is 1. The van der Waals surface area contributed by atoms with Gasteiger partial charge in [-0.1, -0.05) is 26.0 Å². The number of rotatable bonds is 5. The van der Waals surface area contributed by atoms with Crippen LogP contribution < -0.4 is 5.32 Å². The summed E-state index contributed by atoms with van der Waals surface area (Å²) < 4.78 is 37.2. The molecule has 0 amide bonds. The van der Waals surface area contributed by atoms with Crippen molar-refractivity contribution >= 4 is 0 Å². The molecule has 1 nitrogen and oxygen atoms in total. The predicted octanol–water partition coefficient (Wildman–Crippen LogP) is 3.88. The Morgan fingerprint density at radius 2 is 1.67 bits per heavy atom. The van der Waals surface area contributed by atoms with Crippen molar-refractivity contribution in [3.8, 4) is 0 Å². The fourth-order valence-electron chi connectivity index (χ4n) is 1.99. The van der Waals surface area contributed by atoms with E-state index in [9.17, 15) is 13.2 Å². The summed E-state index contributed by atoms with van der Waals surface area (Å²) in [5.74, 6) is 0.567. The standard InChI is InChI=1S/C14H20F3N/c1-10(2)8-13(18-3)9-11-4-6-12(7-5-11)14(15,16)17/h4-7,10,13,18H,8-9H2,1-3H3. The van der Waals surface area contributed by atoms with Crippen molar-refractivity contribution in [1.82, 2.24) is 5.32 Å². The second kappa shape index (κ2) is 6.23. The van der Waals surface area contributed by atoms with E-state index in [0.717, 1.165) is 30.5 Å². The molecular formula is C14H20F3N. The van der Waals surface area contributed by atoms with Crippen molar-refractivity contribution in [1.29, 1.82) is 0 Å². The van der Waals surface area contributed by atoms with E-state index in [4.69, 9.17) is 0 Å². The summed E-state index contributed by atoms with van der Waals surface area (Å²) >= 11 is 0. The lowest BCUT2D eigenvalue weighted by Gasteiger charge is -2.18. The number of alkyl halides is 3. The number of nitrogens with one attached hydrogen (secondary N) is 1. The zero-order valence-corrected chi connectivity index (χ0v) is 11.0. The third-order valence-corrected chi connectivity index (χ3v) is 2.93. The van der Waals surface area contributed by atoms with E-state index in [1.807, 2.05) is 7.05 Å². The molecule has 1 N–H and O–H groups in total. The number of halogens is 3. The minimum atomic E-state index is -4.25. The Morgan fingerprint density at radius 1 is 1.11 bits per heavy atom. The maximum atomic E-state index is 12.4. The minimum Gasteiger partial charge on any atom is -0.317 e. The highest BCUT2D eigenvalue weighted by molar-refractivity contribution is 5.25. The van der Waals surface area contributed by atoms with Crippen LogP contribution in [0.2, 0.25) is 0 Å². The van der Waals surface area contributed by atoms with Crippen molar-refractivity contribution < 1.29 is 13.2 Å². The predicted molar refractivity (Wildman–Crippen MR) is 67.5 cm³/mol. The van der Waals surface area contributed by atoms with Gasteiger partial charge in [0.25, 0.3) is 0 Å². The van der Waals surface area contributed by atoms with Gasteiger partial charge in [0.15, 0.2) is 0 Å². The summed E-state index contributed by atoms with van der Waals surface area (Å²) in [6.45, 7) is 4.27. The molecule has 0 saturated carbocycles. The molecule has 0 bridgehead atoms. The summed E-state index contributed by atoms with van der Waals surface area (Å²) in [6, 6.07) is 5.73. The van der Waals surface area contributed by atoms with Crippen LogP contribution in [0.4, 0.5) is 13.2 Å². The van der Waals surface area contributed by atoms with Crippen molar-refractivity contribution in [2.24, 2.45) is 5.92 Å². The van der Waals surface area contributed by atoms with Crippen molar-refractivity contribution in [3.05, 3.63) is 35.4 Å². The summed E-state index contributed by atoms with van der Waals surface area (Å²) in [6.07, 6.45) is -2.48. The molecule has 4 heteroatoms. The maximum absolute atomic E-state index is 12.4. The Bertz CT molecular complexity index is 354. The fraction of sp³-hybridized carbons (Fsp3) is 0.571. The molecule has 0 aliphatic rings. The minimum absolute atomic E-state index is 0.307. The first-order valence-electron chi connectivity index (χ1n) is 6.16. The van der Waals surface area contributed by atoms with Crippen molar-refractivity contribution in [2.45, 2.75) is 38.9 Å². The van der Waals surface area contributed by atoms with Gasteiger partial charge in [0.05, 0.1) is 5.56 Å². The Morgan fingerprint density at radius 3 is 2.06 bits per heavy atom. The molecule has 1 atom stereocenters. The van der Waals surface area contributed by atoms with Crippen LogP contribution in [0.3, 0.4) is 0 Å². The van der Waals surface area contributed by atoms with E-state index < -0.39 is 11.7 Å². The van der Waals surface area contributed by atoms with Crippen LogP contribution in [-0.2, 0) is 12.6 Å². The van der Waals surface area contributed by atoms with Crippen LogP contribution in [0.15, 0.2) is 24.3 Å². The van der Waals surface area contributed by atoms with Crippen LogP contribution >= 0.6 is 0 Å². The molecule has 0 radical (unpaired) electrons. The van der Waals surface area contributed by atoms with Crippen LogP contribution in [0.25, 0.3) is 0 Å². The van der Waals surface area contributed by atoms with Gasteiger partial charge in [-0.05, 0) is 43.5 Å². The topological polar surface area (TPSA) is 12.0 Å². The molecular weight excluding hydrogens is 239 g/mol. The molecule has 0 fully saturated rings. The number of benzene rings is 1. The van der Waals surface area contributed by atoms with Gasteiger partial charge < -0.3 is 5.32 Å². The average molecular weight is 259 g/mol. The van der Waals surface area contributed by atoms with Gasteiger partial charge in [-0.3, -0.25) is 0 Å².